The van der Waals surface area contributed by atoms with Crippen molar-refractivity contribution < 1.29 is 87.5 Å². The third-order valence-electron chi connectivity index (χ3n) is 8.44. The molecule has 44 heavy (non-hydrogen) atoms. The van der Waals surface area contributed by atoms with Crippen LogP contribution in [0, 0.1) is 0 Å². The Morgan fingerprint density at radius 2 is 0.705 bits per heavy atom. The fourth-order valence-corrected chi connectivity index (χ4v) is 8.45. The molecule has 10 heteroatoms. The molecule has 0 heterocycles. The molecule has 0 saturated heterocycles. The topological polar surface area (TPSA) is 97.7 Å². The molecule has 0 aliphatic heterocycles. The van der Waals surface area contributed by atoms with Gasteiger partial charge in [0.05, 0.1) is 6.61 Å². The summed E-state index contributed by atoms with van der Waals surface area (Å²) in [4.78, 5) is 0. The van der Waals surface area contributed by atoms with Gasteiger partial charge in [-0.15, -0.1) is 0 Å². The van der Waals surface area contributed by atoms with Crippen LogP contribution in [-0.4, -0.2) is 32.6 Å². The summed E-state index contributed by atoms with van der Waals surface area (Å²) >= 11 is 0. The van der Waals surface area contributed by atoms with Crippen molar-refractivity contribution in [3.8, 4) is 0 Å². The molecule has 0 rings (SSSR count). The molecular formula is C34H72Na2O6S2. The van der Waals surface area contributed by atoms with Crippen LogP contribution in [0.2, 0.25) is 0 Å². The molecule has 6 nitrogen and oxygen atoms in total. The SMILES string of the molecule is CCCCCCCCCCCCCCCCCCOS(=O)(=O)C(CCCCCCCCCCCCCCC)S(=O)(=O)O.[H-].[H-].[Na+].[Na+]. The van der Waals surface area contributed by atoms with Crippen LogP contribution in [0.1, 0.15) is 209 Å². The number of hydrogen-bond donors (Lipinski definition) is 1. The summed E-state index contributed by atoms with van der Waals surface area (Å²) in [5.74, 6) is 0. The van der Waals surface area contributed by atoms with Crippen molar-refractivity contribution in [3.05, 3.63) is 0 Å². The van der Waals surface area contributed by atoms with E-state index in [2.05, 4.69) is 13.8 Å². The predicted molar refractivity (Wildman–Crippen MR) is 182 cm³/mol. The van der Waals surface area contributed by atoms with Crippen molar-refractivity contribution in [2.24, 2.45) is 0 Å². The average molecular weight is 687 g/mol. The van der Waals surface area contributed by atoms with Crippen LogP contribution in [0.15, 0.2) is 0 Å². The Hall–Kier alpha value is 1.82. The Morgan fingerprint density at radius 3 is 0.977 bits per heavy atom. The van der Waals surface area contributed by atoms with E-state index >= 15 is 0 Å². The van der Waals surface area contributed by atoms with Crippen LogP contribution in [0.4, 0.5) is 0 Å². The molecule has 0 radical (unpaired) electrons. The quantitative estimate of drug-likeness (QED) is 0.0415. The van der Waals surface area contributed by atoms with Gasteiger partial charge in [0.1, 0.15) is 0 Å². The molecular weight excluding hydrogens is 614 g/mol. The first kappa shape index (κ1) is 50.2. The number of unbranched alkanes of at least 4 members (excludes halogenated alkanes) is 27. The van der Waals surface area contributed by atoms with E-state index in [-0.39, 0.29) is 75.0 Å². The molecule has 0 aliphatic carbocycles. The van der Waals surface area contributed by atoms with Crippen molar-refractivity contribution in [2.45, 2.75) is 211 Å². The second-order valence-corrected chi connectivity index (χ2v) is 16.3. The van der Waals surface area contributed by atoms with Gasteiger partial charge in [0, 0.05) is 0 Å². The molecule has 0 aliphatic rings. The molecule has 0 aromatic heterocycles. The minimum absolute atomic E-state index is 0. The fourth-order valence-electron chi connectivity index (χ4n) is 5.67. The maximum atomic E-state index is 12.5. The Morgan fingerprint density at radius 1 is 0.455 bits per heavy atom. The van der Waals surface area contributed by atoms with E-state index in [0.29, 0.717) is 12.8 Å². The monoisotopic (exact) mass is 686 g/mol. The second-order valence-electron chi connectivity index (χ2n) is 12.6. The Kier molecular flexibility index (Phi) is 41.2. The zero-order chi connectivity index (χ0) is 31.2. The van der Waals surface area contributed by atoms with Gasteiger partial charge in [0.25, 0.3) is 20.2 Å². The van der Waals surface area contributed by atoms with E-state index in [1.165, 1.54) is 128 Å². The first-order valence-corrected chi connectivity index (χ1v) is 21.1. The smallest absolute Gasteiger partial charge is 1.00 e. The van der Waals surface area contributed by atoms with Gasteiger partial charge in [0.15, 0.2) is 0 Å². The first-order valence-electron chi connectivity index (χ1n) is 18.1. The Bertz CT molecular complexity index is 791. The maximum absolute atomic E-state index is 12.5. The van der Waals surface area contributed by atoms with E-state index in [4.69, 9.17) is 4.18 Å². The van der Waals surface area contributed by atoms with Crippen LogP contribution in [-0.2, 0) is 24.4 Å². The molecule has 0 aromatic rings. The summed E-state index contributed by atoms with van der Waals surface area (Å²) < 4.78 is 61.4. The predicted octanol–water partition coefficient (Wildman–Crippen LogP) is 5.52. The summed E-state index contributed by atoms with van der Waals surface area (Å²) in [6.07, 6.45) is 34.4. The van der Waals surface area contributed by atoms with Crippen LogP contribution >= 0.6 is 0 Å². The van der Waals surface area contributed by atoms with Gasteiger partial charge in [0.2, 0.25) is 4.58 Å². The molecule has 0 fully saturated rings. The third kappa shape index (κ3) is 33.7. The molecule has 1 N–H and O–H groups in total. The van der Waals surface area contributed by atoms with Gasteiger partial charge >= 0.3 is 59.1 Å². The van der Waals surface area contributed by atoms with E-state index in [1.54, 1.807) is 0 Å². The molecule has 0 amide bonds. The first-order chi connectivity index (χ1) is 20.3. The average Bonchev–Trinajstić information content (AvgIpc) is 2.94. The van der Waals surface area contributed by atoms with Gasteiger partial charge in [-0.3, -0.25) is 8.74 Å². The van der Waals surface area contributed by atoms with Gasteiger partial charge in [-0.05, 0) is 12.8 Å². The van der Waals surface area contributed by atoms with E-state index in [9.17, 15) is 21.4 Å². The summed E-state index contributed by atoms with van der Waals surface area (Å²) in [7, 11) is -9.08. The summed E-state index contributed by atoms with van der Waals surface area (Å²) in [5, 5.41) is 0. The van der Waals surface area contributed by atoms with Crippen molar-refractivity contribution in [1.29, 1.82) is 0 Å². The molecule has 258 valence electrons. The molecule has 0 saturated carbocycles. The minimum atomic E-state index is -4.72. The second kappa shape index (κ2) is 36.1. The summed E-state index contributed by atoms with van der Waals surface area (Å²) in [6.45, 7) is 4.47. The van der Waals surface area contributed by atoms with E-state index < -0.39 is 24.8 Å². The zero-order valence-corrected chi connectivity index (χ0v) is 35.4. The summed E-state index contributed by atoms with van der Waals surface area (Å²) in [6, 6.07) is 0. The molecule has 0 aromatic carbocycles. The van der Waals surface area contributed by atoms with Crippen LogP contribution in [0.25, 0.3) is 0 Å². The van der Waals surface area contributed by atoms with Crippen LogP contribution in [0.5, 0.6) is 0 Å². The van der Waals surface area contributed by atoms with E-state index in [1.807, 2.05) is 0 Å². The fraction of sp³-hybridized carbons (Fsp3) is 1.00. The van der Waals surface area contributed by atoms with Gasteiger partial charge in [-0.25, -0.2) is 0 Å². The van der Waals surface area contributed by atoms with Gasteiger partial charge in [-0.1, -0.05) is 194 Å². The van der Waals surface area contributed by atoms with Crippen molar-refractivity contribution in [3.63, 3.8) is 0 Å². The zero-order valence-electron chi connectivity index (χ0n) is 31.8. The van der Waals surface area contributed by atoms with Crippen molar-refractivity contribution in [2.75, 3.05) is 6.61 Å². The Labute approximate surface area is 322 Å². The Balaban J connectivity index is -0.00000140. The molecule has 1 unspecified atom stereocenters. The molecule has 0 bridgehead atoms. The third-order valence-corrected chi connectivity index (χ3v) is 12.2. The van der Waals surface area contributed by atoms with Gasteiger partial charge in [-0.2, -0.15) is 16.8 Å². The largest absolute Gasteiger partial charge is 1.00 e. The van der Waals surface area contributed by atoms with Crippen LogP contribution in [0.3, 0.4) is 0 Å². The normalized spacial score (nSPS) is 12.5. The maximum Gasteiger partial charge on any atom is 1.00 e. The van der Waals surface area contributed by atoms with E-state index in [0.717, 1.165) is 44.9 Å². The standard InChI is InChI=1S/C34H70O6S2.2Na.2H/c1-3-5-7-9-11-13-15-17-18-19-21-23-25-27-29-31-33-40-42(38,39)34(41(35,36)37)32-30-28-26-24-22-20-16-14-12-10-8-6-4-2;;;;/h34H,3-33H2,1-2H3,(H,35,36,37);;;;/q;2*+1;2*-1. The number of hydrogen-bond acceptors (Lipinski definition) is 5. The minimum Gasteiger partial charge on any atom is -1.00 e. The van der Waals surface area contributed by atoms with Crippen molar-refractivity contribution >= 4 is 20.2 Å². The molecule has 0 spiro atoms. The van der Waals surface area contributed by atoms with Crippen LogP contribution < -0.4 is 59.1 Å². The summed E-state index contributed by atoms with van der Waals surface area (Å²) in [5.41, 5.74) is 0. The van der Waals surface area contributed by atoms with Crippen molar-refractivity contribution in [1.82, 2.24) is 0 Å². The van der Waals surface area contributed by atoms with Gasteiger partial charge < -0.3 is 2.85 Å². The molecule has 1 atom stereocenters. The number of rotatable bonds is 34.